The molecule has 1 rings (SSSR count). The molecule has 0 radical (unpaired) electrons. The number of rotatable bonds is 6. The van der Waals surface area contributed by atoms with Crippen molar-refractivity contribution >= 4 is 27.6 Å². The van der Waals surface area contributed by atoms with Crippen LogP contribution in [0.1, 0.15) is 17.3 Å². The van der Waals surface area contributed by atoms with E-state index in [1.54, 1.807) is 0 Å². The van der Waals surface area contributed by atoms with E-state index in [-0.39, 0.29) is 5.02 Å². The highest BCUT2D eigenvalue weighted by molar-refractivity contribution is 7.89. The van der Waals surface area contributed by atoms with Gasteiger partial charge in [0.15, 0.2) is 5.82 Å². The Kier molecular flexibility index (Phi) is 5.29. The van der Waals surface area contributed by atoms with Gasteiger partial charge in [0.1, 0.15) is 4.90 Å². The topological polar surface area (TPSA) is 124 Å². The van der Waals surface area contributed by atoms with Crippen LogP contribution in [0.3, 0.4) is 0 Å². The molecule has 1 unspecified atom stereocenters. The van der Waals surface area contributed by atoms with Gasteiger partial charge < -0.3 is 15.3 Å². The summed E-state index contributed by atoms with van der Waals surface area (Å²) in [5.41, 5.74) is -2.64. The molecule has 0 heterocycles. The van der Waals surface area contributed by atoms with E-state index in [1.165, 1.54) is 0 Å². The molecule has 1 aromatic rings. The zero-order valence-corrected chi connectivity index (χ0v) is 12.4. The summed E-state index contributed by atoms with van der Waals surface area (Å²) in [7, 11) is -4.46. The predicted molar refractivity (Wildman–Crippen MR) is 71.3 cm³/mol. The normalized spacial score (nSPS) is 14.7. The van der Waals surface area contributed by atoms with Gasteiger partial charge in [-0.2, -0.15) is 0 Å². The first kappa shape index (κ1) is 17.8. The molecular formula is C11H13ClFNO6S. The van der Waals surface area contributed by atoms with Crippen molar-refractivity contribution in [1.82, 2.24) is 4.72 Å². The minimum absolute atomic E-state index is 0.275. The SMILES string of the molecule is CC(O)(CO)CNS(=O)(=O)c1cc(Cl)cc(C(=O)O)c1F. The van der Waals surface area contributed by atoms with Crippen LogP contribution in [0.15, 0.2) is 17.0 Å². The summed E-state index contributed by atoms with van der Waals surface area (Å²) in [5, 5.41) is 26.8. The van der Waals surface area contributed by atoms with E-state index >= 15 is 0 Å². The molecule has 0 fully saturated rings. The van der Waals surface area contributed by atoms with Crippen LogP contribution in [0.2, 0.25) is 5.02 Å². The molecule has 1 aromatic carbocycles. The molecule has 21 heavy (non-hydrogen) atoms. The first-order chi connectivity index (χ1) is 9.50. The van der Waals surface area contributed by atoms with Gasteiger partial charge in [0.05, 0.1) is 17.8 Å². The number of aliphatic hydroxyl groups is 2. The Balaban J connectivity index is 3.23. The molecule has 7 nitrogen and oxygen atoms in total. The van der Waals surface area contributed by atoms with Crippen LogP contribution >= 0.6 is 11.6 Å². The van der Waals surface area contributed by atoms with Crippen LogP contribution in [0.4, 0.5) is 4.39 Å². The average Bonchev–Trinajstić information content (AvgIpc) is 2.38. The quantitative estimate of drug-likeness (QED) is 0.586. The van der Waals surface area contributed by atoms with Crippen molar-refractivity contribution < 1.29 is 32.9 Å². The monoisotopic (exact) mass is 341 g/mol. The van der Waals surface area contributed by atoms with E-state index in [9.17, 15) is 22.7 Å². The summed E-state index contributed by atoms with van der Waals surface area (Å²) >= 11 is 5.58. The number of benzene rings is 1. The summed E-state index contributed by atoms with van der Waals surface area (Å²) in [5.74, 6) is -3.14. The molecule has 4 N–H and O–H groups in total. The number of aliphatic hydroxyl groups excluding tert-OH is 1. The fourth-order valence-electron chi connectivity index (χ4n) is 1.30. The summed E-state index contributed by atoms with van der Waals surface area (Å²) in [6.45, 7) is -0.166. The molecule has 0 aliphatic rings. The largest absolute Gasteiger partial charge is 0.478 e. The summed E-state index contributed by atoms with van der Waals surface area (Å²) in [6.07, 6.45) is 0. The van der Waals surface area contributed by atoms with Crippen LogP contribution < -0.4 is 4.72 Å². The second kappa shape index (κ2) is 6.24. The zero-order valence-electron chi connectivity index (χ0n) is 10.8. The van der Waals surface area contributed by atoms with Crippen LogP contribution in [-0.2, 0) is 10.0 Å². The number of hydrogen-bond donors (Lipinski definition) is 4. The molecule has 0 saturated carbocycles. The molecule has 0 aliphatic heterocycles. The van der Waals surface area contributed by atoms with Crippen LogP contribution in [0.5, 0.6) is 0 Å². The number of sulfonamides is 1. The fraction of sp³-hybridized carbons (Fsp3) is 0.364. The number of carbonyl (C=O) groups is 1. The molecule has 10 heteroatoms. The van der Waals surface area contributed by atoms with E-state index in [4.69, 9.17) is 21.8 Å². The van der Waals surface area contributed by atoms with Crippen molar-refractivity contribution in [3.8, 4) is 0 Å². The Labute approximate surface area is 125 Å². The van der Waals surface area contributed by atoms with E-state index in [0.29, 0.717) is 0 Å². The number of nitrogens with one attached hydrogen (secondary N) is 1. The van der Waals surface area contributed by atoms with Crippen LogP contribution in [-0.4, -0.2) is 48.5 Å². The minimum atomic E-state index is -4.46. The van der Waals surface area contributed by atoms with E-state index in [0.717, 1.165) is 19.1 Å². The predicted octanol–water partition coefficient (Wildman–Crippen LogP) is 0.199. The number of carboxylic acid groups (broad SMARTS) is 1. The van der Waals surface area contributed by atoms with Gasteiger partial charge in [0, 0.05) is 11.6 Å². The highest BCUT2D eigenvalue weighted by Crippen LogP contribution is 2.24. The molecule has 0 aromatic heterocycles. The van der Waals surface area contributed by atoms with Crippen molar-refractivity contribution in [3.05, 3.63) is 28.5 Å². The molecule has 118 valence electrons. The molecule has 0 amide bonds. The van der Waals surface area contributed by atoms with Crippen molar-refractivity contribution in [2.75, 3.05) is 13.2 Å². The Morgan fingerprint density at radius 3 is 2.52 bits per heavy atom. The van der Waals surface area contributed by atoms with Gasteiger partial charge in [-0.05, 0) is 19.1 Å². The summed E-state index contributed by atoms with van der Waals surface area (Å²) in [4.78, 5) is 9.87. The van der Waals surface area contributed by atoms with Gasteiger partial charge in [-0.25, -0.2) is 22.3 Å². The third-order valence-corrected chi connectivity index (χ3v) is 4.13. The molecular weight excluding hydrogens is 329 g/mol. The first-order valence-corrected chi connectivity index (χ1v) is 7.41. The molecule has 1 atom stereocenters. The van der Waals surface area contributed by atoms with E-state index in [2.05, 4.69) is 0 Å². The lowest BCUT2D eigenvalue weighted by molar-refractivity contribution is 0.00680. The van der Waals surface area contributed by atoms with Crippen molar-refractivity contribution in [1.29, 1.82) is 0 Å². The second-order valence-corrected chi connectivity index (χ2v) is 6.72. The van der Waals surface area contributed by atoms with E-state index < -0.39 is 51.0 Å². The highest BCUT2D eigenvalue weighted by Gasteiger charge is 2.28. The standard InChI is InChI=1S/C11H13ClFNO6S/c1-11(18,5-15)4-14-21(19,20)8-3-6(12)2-7(9(8)13)10(16)17/h2-3,14-15,18H,4-5H2,1H3,(H,16,17). The van der Waals surface area contributed by atoms with Crippen LogP contribution in [0.25, 0.3) is 0 Å². The van der Waals surface area contributed by atoms with E-state index in [1.807, 2.05) is 4.72 Å². The Bertz CT molecular complexity index is 661. The van der Waals surface area contributed by atoms with Gasteiger partial charge in [-0.1, -0.05) is 11.6 Å². The lowest BCUT2D eigenvalue weighted by Crippen LogP contribution is -2.43. The third-order valence-electron chi connectivity index (χ3n) is 2.51. The van der Waals surface area contributed by atoms with Gasteiger partial charge in [0.25, 0.3) is 0 Å². The molecule has 0 bridgehead atoms. The molecule has 0 spiro atoms. The number of aromatic carboxylic acids is 1. The summed E-state index contributed by atoms with van der Waals surface area (Å²) < 4.78 is 39.7. The zero-order chi connectivity index (χ0) is 16.4. The van der Waals surface area contributed by atoms with Crippen molar-refractivity contribution in [2.45, 2.75) is 17.4 Å². The highest BCUT2D eigenvalue weighted by atomic mass is 35.5. The molecule has 0 saturated heterocycles. The third kappa shape index (κ3) is 4.35. The van der Waals surface area contributed by atoms with Gasteiger partial charge in [-0.3, -0.25) is 0 Å². The number of carboxylic acids is 1. The van der Waals surface area contributed by atoms with Gasteiger partial charge >= 0.3 is 5.97 Å². The van der Waals surface area contributed by atoms with Crippen LogP contribution in [0, 0.1) is 5.82 Å². The van der Waals surface area contributed by atoms with Gasteiger partial charge in [0.2, 0.25) is 10.0 Å². The number of hydrogen-bond acceptors (Lipinski definition) is 5. The van der Waals surface area contributed by atoms with Crippen molar-refractivity contribution in [3.63, 3.8) is 0 Å². The summed E-state index contributed by atoms with van der Waals surface area (Å²) in [6, 6.07) is 1.53. The second-order valence-electron chi connectivity index (χ2n) is 4.55. The number of halogens is 2. The minimum Gasteiger partial charge on any atom is -0.478 e. The maximum atomic E-state index is 13.9. The Morgan fingerprint density at radius 2 is 2.05 bits per heavy atom. The lowest BCUT2D eigenvalue weighted by atomic mass is 10.1. The lowest BCUT2D eigenvalue weighted by Gasteiger charge is -2.20. The Morgan fingerprint density at radius 1 is 1.48 bits per heavy atom. The first-order valence-electron chi connectivity index (χ1n) is 5.55. The average molecular weight is 342 g/mol. The van der Waals surface area contributed by atoms with Gasteiger partial charge in [-0.15, -0.1) is 0 Å². The maximum absolute atomic E-state index is 13.9. The van der Waals surface area contributed by atoms with Crippen molar-refractivity contribution in [2.24, 2.45) is 0 Å². The smallest absolute Gasteiger partial charge is 0.338 e. The maximum Gasteiger partial charge on any atom is 0.338 e. The Hall–Kier alpha value is -1.26. The fourth-order valence-corrected chi connectivity index (χ4v) is 2.87. The molecule has 0 aliphatic carbocycles.